The molecule has 6 heteroatoms. The van der Waals surface area contributed by atoms with Crippen molar-refractivity contribution < 1.29 is 19.5 Å². The number of carboxylic acids is 1. The molecule has 1 fully saturated rings. The van der Waals surface area contributed by atoms with Crippen LogP contribution in [-0.4, -0.2) is 33.8 Å². The maximum atomic E-state index is 13.6. The maximum Gasteiger partial charge on any atom is 0.327 e. The molecule has 3 atom stereocenters. The highest BCUT2D eigenvalue weighted by molar-refractivity contribution is 9.09. The summed E-state index contributed by atoms with van der Waals surface area (Å²) in [6, 6.07) is 14.6. The zero-order chi connectivity index (χ0) is 20.7. The number of imide groups is 1. The third-order valence-electron chi connectivity index (χ3n) is 6.71. The largest absolute Gasteiger partial charge is 0.480 e. The number of amides is 2. The summed E-state index contributed by atoms with van der Waals surface area (Å²) in [4.78, 5) is 40.2. The van der Waals surface area contributed by atoms with Gasteiger partial charge < -0.3 is 5.11 Å². The van der Waals surface area contributed by atoms with Crippen molar-refractivity contribution in [2.24, 2.45) is 17.8 Å². The maximum absolute atomic E-state index is 13.6. The van der Waals surface area contributed by atoms with Gasteiger partial charge in [-0.1, -0.05) is 78.3 Å². The summed E-state index contributed by atoms with van der Waals surface area (Å²) in [5.41, 5.74) is 4.04. The van der Waals surface area contributed by atoms with Gasteiger partial charge >= 0.3 is 5.97 Å². The molecule has 2 aromatic carbocycles. The van der Waals surface area contributed by atoms with E-state index >= 15 is 0 Å². The van der Waals surface area contributed by atoms with Gasteiger partial charge in [0.1, 0.15) is 6.04 Å². The molecule has 0 unspecified atom stereocenters. The number of nitrogens with zero attached hydrogens (tertiary/aromatic N) is 1. The van der Waals surface area contributed by atoms with Gasteiger partial charge in [-0.15, -0.1) is 0 Å². The minimum absolute atomic E-state index is 0.255. The highest BCUT2D eigenvalue weighted by atomic mass is 79.9. The van der Waals surface area contributed by atoms with Gasteiger partial charge in [0.2, 0.25) is 11.8 Å². The van der Waals surface area contributed by atoms with E-state index in [2.05, 4.69) is 15.9 Å². The third kappa shape index (κ3) is 2.13. The van der Waals surface area contributed by atoms with Crippen LogP contribution in [0.25, 0.3) is 0 Å². The molecular formula is C23H20BrNO4. The first-order valence-corrected chi connectivity index (χ1v) is 10.6. The molecule has 1 N–H and O–H groups in total. The van der Waals surface area contributed by atoms with Crippen molar-refractivity contribution in [1.29, 1.82) is 0 Å². The van der Waals surface area contributed by atoms with E-state index in [-0.39, 0.29) is 17.7 Å². The Labute approximate surface area is 176 Å². The number of alkyl halides is 1. The number of benzene rings is 2. The second-order valence-electron chi connectivity index (χ2n) is 8.44. The SMILES string of the molecule is CC(C)[C@H](C(=O)O)N1C(=O)[C@@H]2[C@@H](C1=O)C1c3ccccc3C2(Br)c2ccccc21. The first-order chi connectivity index (χ1) is 13.8. The lowest BCUT2D eigenvalue weighted by atomic mass is 9.55. The van der Waals surface area contributed by atoms with Gasteiger partial charge in [0, 0.05) is 5.92 Å². The van der Waals surface area contributed by atoms with Crippen LogP contribution < -0.4 is 0 Å². The quantitative estimate of drug-likeness (QED) is 0.569. The number of carbonyl (C=O) groups is 3. The number of likely N-dealkylation sites (tertiary alicyclic amines) is 1. The lowest BCUT2D eigenvalue weighted by Gasteiger charge is -2.51. The summed E-state index contributed by atoms with van der Waals surface area (Å²) in [6.07, 6.45) is 0. The molecule has 2 aromatic rings. The molecule has 0 radical (unpaired) electrons. The van der Waals surface area contributed by atoms with Crippen molar-refractivity contribution >= 4 is 33.7 Å². The summed E-state index contributed by atoms with van der Waals surface area (Å²) in [5, 5.41) is 9.77. The Morgan fingerprint density at radius 3 is 2.00 bits per heavy atom. The average Bonchev–Trinajstić information content (AvgIpc) is 2.95. The first kappa shape index (κ1) is 18.6. The number of rotatable bonds is 3. The Hall–Kier alpha value is -2.47. The number of carbonyl (C=O) groups excluding carboxylic acids is 2. The van der Waals surface area contributed by atoms with E-state index in [4.69, 9.17) is 0 Å². The molecule has 3 aliphatic carbocycles. The van der Waals surface area contributed by atoms with E-state index in [9.17, 15) is 19.5 Å². The van der Waals surface area contributed by atoms with E-state index in [1.165, 1.54) is 0 Å². The van der Waals surface area contributed by atoms with Gasteiger partial charge in [-0.25, -0.2) is 4.79 Å². The Kier molecular flexibility index (Phi) is 3.85. The third-order valence-corrected chi connectivity index (χ3v) is 8.06. The van der Waals surface area contributed by atoms with Gasteiger partial charge in [0.15, 0.2) is 0 Å². The minimum atomic E-state index is -1.16. The summed E-state index contributed by atoms with van der Waals surface area (Å²) in [5.74, 6) is -3.82. The van der Waals surface area contributed by atoms with Crippen LogP contribution in [0.3, 0.4) is 0 Å². The molecule has 1 saturated heterocycles. The van der Waals surface area contributed by atoms with Crippen LogP contribution in [0, 0.1) is 17.8 Å². The topological polar surface area (TPSA) is 74.7 Å². The second-order valence-corrected chi connectivity index (χ2v) is 9.69. The highest BCUT2D eigenvalue weighted by Crippen LogP contribution is 2.66. The molecular weight excluding hydrogens is 434 g/mol. The molecule has 29 heavy (non-hydrogen) atoms. The molecule has 0 saturated carbocycles. The van der Waals surface area contributed by atoms with E-state index < -0.39 is 34.1 Å². The summed E-state index contributed by atoms with van der Waals surface area (Å²) >= 11 is 3.91. The second kappa shape index (κ2) is 6.02. The normalized spacial score (nSPS) is 30.2. The van der Waals surface area contributed by atoms with E-state index in [0.717, 1.165) is 27.2 Å². The van der Waals surface area contributed by atoms with Gasteiger partial charge in [-0.3, -0.25) is 14.5 Å². The zero-order valence-corrected chi connectivity index (χ0v) is 17.6. The van der Waals surface area contributed by atoms with Crippen molar-refractivity contribution in [3.05, 3.63) is 70.8 Å². The molecule has 2 amide bonds. The van der Waals surface area contributed by atoms with Crippen molar-refractivity contribution in [3.63, 3.8) is 0 Å². The molecule has 1 heterocycles. The first-order valence-electron chi connectivity index (χ1n) is 9.77. The fraction of sp³-hybridized carbons (Fsp3) is 0.348. The fourth-order valence-corrected chi connectivity index (χ4v) is 6.87. The predicted octanol–water partition coefficient (Wildman–Crippen LogP) is 3.49. The monoisotopic (exact) mass is 453 g/mol. The minimum Gasteiger partial charge on any atom is -0.480 e. The number of hydrogen-bond donors (Lipinski definition) is 1. The predicted molar refractivity (Wildman–Crippen MR) is 110 cm³/mol. The molecule has 0 spiro atoms. The van der Waals surface area contributed by atoms with Crippen molar-refractivity contribution in [2.45, 2.75) is 30.1 Å². The molecule has 148 valence electrons. The van der Waals surface area contributed by atoms with Gasteiger partial charge in [-0.2, -0.15) is 0 Å². The lowest BCUT2D eigenvalue weighted by molar-refractivity contribution is -0.157. The molecule has 1 aliphatic heterocycles. The van der Waals surface area contributed by atoms with Gasteiger partial charge in [0.25, 0.3) is 0 Å². The number of carboxylic acid groups (broad SMARTS) is 1. The molecule has 5 nitrogen and oxygen atoms in total. The number of aliphatic carboxylic acids is 1. The fourth-order valence-electron chi connectivity index (χ4n) is 5.67. The van der Waals surface area contributed by atoms with Crippen molar-refractivity contribution in [3.8, 4) is 0 Å². The smallest absolute Gasteiger partial charge is 0.327 e. The van der Waals surface area contributed by atoms with Crippen LogP contribution in [-0.2, 0) is 18.7 Å². The van der Waals surface area contributed by atoms with Crippen LogP contribution in [0.15, 0.2) is 48.5 Å². The number of hydrogen-bond acceptors (Lipinski definition) is 3. The van der Waals surface area contributed by atoms with E-state index in [1.807, 2.05) is 48.5 Å². The Morgan fingerprint density at radius 1 is 1.00 bits per heavy atom. The Morgan fingerprint density at radius 2 is 1.52 bits per heavy atom. The highest BCUT2D eigenvalue weighted by Gasteiger charge is 2.68. The van der Waals surface area contributed by atoms with E-state index in [1.54, 1.807) is 13.8 Å². The lowest BCUT2D eigenvalue weighted by Crippen LogP contribution is -2.50. The van der Waals surface area contributed by atoms with Crippen LogP contribution in [0.5, 0.6) is 0 Å². The summed E-state index contributed by atoms with van der Waals surface area (Å²) < 4.78 is -0.846. The summed E-state index contributed by atoms with van der Waals surface area (Å²) in [6.45, 7) is 3.45. The van der Waals surface area contributed by atoms with Crippen molar-refractivity contribution in [1.82, 2.24) is 4.90 Å². The van der Waals surface area contributed by atoms with Crippen LogP contribution in [0.4, 0.5) is 0 Å². The number of halogens is 1. The standard InChI is InChI=1S/C23H20BrNO4/c1-11(2)19(22(28)29)25-20(26)17-16-12-7-3-5-9-14(12)23(24,18(17)21(25)27)15-10-6-4-8-13(15)16/h3-11,16-19H,1-2H3,(H,28,29)/t16?,17-,18-,19+,23?/m0/s1. The molecule has 6 rings (SSSR count). The van der Waals surface area contributed by atoms with Crippen LogP contribution >= 0.6 is 15.9 Å². The van der Waals surface area contributed by atoms with Crippen LogP contribution in [0.1, 0.15) is 42.0 Å². The van der Waals surface area contributed by atoms with Crippen molar-refractivity contribution in [2.75, 3.05) is 0 Å². The van der Waals surface area contributed by atoms with E-state index in [0.29, 0.717) is 0 Å². The average molecular weight is 454 g/mol. The molecule has 0 aromatic heterocycles. The molecule has 4 aliphatic rings. The summed E-state index contributed by atoms with van der Waals surface area (Å²) in [7, 11) is 0. The zero-order valence-electron chi connectivity index (χ0n) is 16.0. The Bertz CT molecular complexity index is 1030. The van der Waals surface area contributed by atoms with Gasteiger partial charge in [-0.05, 0) is 28.2 Å². The van der Waals surface area contributed by atoms with Crippen LogP contribution in [0.2, 0.25) is 0 Å². The van der Waals surface area contributed by atoms with Gasteiger partial charge in [0.05, 0.1) is 16.2 Å². The molecule has 2 bridgehead atoms. The Balaban J connectivity index is 1.77.